The van der Waals surface area contributed by atoms with E-state index < -0.39 is 12.3 Å². The highest BCUT2D eigenvalue weighted by atomic mass is 19.3. The largest absolute Gasteiger partial charge is 0.415 e. The monoisotopic (exact) mass is 343 g/mol. The first-order chi connectivity index (χ1) is 12.1. The summed E-state index contributed by atoms with van der Waals surface area (Å²) in [5.74, 6) is -0.272. The Morgan fingerprint density at radius 1 is 1.16 bits per heavy atom. The van der Waals surface area contributed by atoms with Crippen molar-refractivity contribution in [2.45, 2.75) is 31.7 Å². The van der Waals surface area contributed by atoms with E-state index in [1.165, 1.54) is 23.5 Å². The molecular formula is C17H15F2N5O. The molecule has 1 saturated carbocycles. The molecule has 0 spiro atoms. The SMILES string of the molecule is Cc1cccc(C2(Nc3ncc(-c4nnc(C(F)F)o4)cn3)CC2)c1. The zero-order valence-electron chi connectivity index (χ0n) is 13.4. The van der Waals surface area contributed by atoms with E-state index in [0.29, 0.717) is 11.5 Å². The maximum absolute atomic E-state index is 12.5. The standard InChI is InChI=1S/C17H15F2N5O/c1-10-3-2-4-12(7-10)17(5-6-17)22-16-20-8-11(9-21-16)14-23-24-15(25-14)13(18)19/h2-4,7-9,13H,5-6H2,1H3,(H,20,21,22). The van der Waals surface area contributed by atoms with E-state index in [1.807, 2.05) is 6.07 Å². The number of benzene rings is 1. The van der Waals surface area contributed by atoms with Crippen molar-refractivity contribution in [2.24, 2.45) is 0 Å². The molecule has 0 bridgehead atoms. The fraction of sp³-hybridized carbons (Fsp3) is 0.294. The average Bonchev–Trinajstić information content (AvgIpc) is 3.20. The van der Waals surface area contributed by atoms with Crippen LogP contribution in [0.3, 0.4) is 0 Å². The molecule has 8 heteroatoms. The summed E-state index contributed by atoms with van der Waals surface area (Å²) in [4.78, 5) is 8.49. The van der Waals surface area contributed by atoms with Crippen LogP contribution in [0.15, 0.2) is 41.1 Å². The van der Waals surface area contributed by atoms with Crippen molar-refractivity contribution >= 4 is 5.95 Å². The van der Waals surface area contributed by atoms with Crippen LogP contribution in [-0.2, 0) is 5.54 Å². The van der Waals surface area contributed by atoms with E-state index in [-0.39, 0.29) is 11.4 Å². The number of alkyl halides is 2. The first-order valence-corrected chi connectivity index (χ1v) is 7.85. The Hall–Kier alpha value is -2.90. The number of rotatable bonds is 5. The lowest BCUT2D eigenvalue weighted by molar-refractivity contribution is 0.116. The van der Waals surface area contributed by atoms with Gasteiger partial charge < -0.3 is 9.73 Å². The summed E-state index contributed by atoms with van der Waals surface area (Å²) in [6, 6.07) is 8.33. The van der Waals surface area contributed by atoms with Crippen LogP contribution in [0, 0.1) is 6.92 Å². The van der Waals surface area contributed by atoms with Gasteiger partial charge in [0.2, 0.25) is 5.95 Å². The molecule has 128 valence electrons. The van der Waals surface area contributed by atoms with Crippen LogP contribution in [0.4, 0.5) is 14.7 Å². The second kappa shape index (κ2) is 5.87. The highest BCUT2D eigenvalue weighted by Crippen LogP contribution is 2.47. The molecule has 0 atom stereocenters. The molecule has 1 aliphatic carbocycles. The molecule has 0 radical (unpaired) electrons. The fourth-order valence-electron chi connectivity index (χ4n) is 2.71. The van der Waals surface area contributed by atoms with Crippen LogP contribution >= 0.6 is 0 Å². The normalized spacial score (nSPS) is 15.4. The number of halogens is 2. The molecule has 2 aromatic heterocycles. The molecule has 0 saturated heterocycles. The van der Waals surface area contributed by atoms with Crippen LogP contribution in [0.2, 0.25) is 0 Å². The first-order valence-electron chi connectivity index (χ1n) is 7.85. The van der Waals surface area contributed by atoms with Gasteiger partial charge in [0.25, 0.3) is 11.8 Å². The van der Waals surface area contributed by atoms with Crippen LogP contribution in [0.1, 0.15) is 36.3 Å². The topological polar surface area (TPSA) is 76.7 Å². The summed E-state index contributed by atoms with van der Waals surface area (Å²) in [5.41, 5.74) is 2.66. The Labute approximate surface area is 142 Å². The van der Waals surface area contributed by atoms with Gasteiger partial charge in [-0.1, -0.05) is 29.8 Å². The third-order valence-corrected chi connectivity index (χ3v) is 4.20. The second-order valence-corrected chi connectivity index (χ2v) is 6.12. The summed E-state index contributed by atoms with van der Waals surface area (Å²) in [6.07, 6.45) is 2.16. The maximum Gasteiger partial charge on any atom is 0.314 e. The lowest BCUT2D eigenvalue weighted by atomic mass is 10.0. The van der Waals surface area contributed by atoms with Crippen molar-refractivity contribution in [3.63, 3.8) is 0 Å². The minimum atomic E-state index is -2.80. The first kappa shape index (κ1) is 15.6. The van der Waals surface area contributed by atoms with Gasteiger partial charge in [0.05, 0.1) is 11.1 Å². The molecule has 25 heavy (non-hydrogen) atoms. The number of nitrogens with one attached hydrogen (secondary N) is 1. The van der Waals surface area contributed by atoms with E-state index in [0.717, 1.165) is 12.8 Å². The van der Waals surface area contributed by atoms with Crippen molar-refractivity contribution < 1.29 is 13.2 Å². The Bertz CT molecular complexity index is 890. The summed E-state index contributed by atoms with van der Waals surface area (Å²) >= 11 is 0. The van der Waals surface area contributed by atoms with Gasteiger partial charge in [0, 0.05) is 12.4 Å². The van der Waals surface area contributed by atoms with Crippen LogP contribution < -0.4 is 5.32 Å². The molecule has 1 N–H and O–H groups in total. The minimum Gasteiger partial charge on any atom is -0.415 e. The molecule has 0 unspecified atom stereocenters. The van der Waals surface area contributed by atoms with Gasteiger partial charge in [-0.2, -0.15) is 8.78 Å². The van der Waals surface area contributed by atoms with Crippen LogP contribution in [0.5, 0.6) is 0 Å². The van der Waals surface area contributed by atoms with Crippen LogP contribution in [-0.4, -0.2) is 20.2 Å². The number of aromatic nitrogens is 4. The van der Waals surface area contributed by atoms with E-state index in [1.54, 1.807) is 0 Å². The van der Waals surface area contributed by atoms with Gasteiger partial charge in [0.1, 0.15) is 0 Å². The summed E-state index contributed by atoms with van der Waals surface area (Å²) in [6.45, 7) is 2.06. The Kier molecular flexibility index (Phi) is 3.67. The summed E-state index contributed by atoms with van der Waals surface area (Å²) in [5, 5.41) is 10.2. The van der Waals surface area contributed by atoms with E-state index >= 15 is 0 Å². The van der Waals surface area contributed by atoms with Crippen molar-refractivity contribution in [2.75, 3.05) is 5.32 Å². The number of anilines is 1. The average molecular weight is 343 g/mol. The fourth-order valence-corrected chi connectivity index (χ4v) is 2.71. The molecule has 4 rings (SSSR count). The quantitative estimate of drug-likeness (QED) is 0.758. The van der Waals surface area contributed by atoms with Crippen molar-refractivity contribution in [3.8, 4) is 11.5 Å². The molecule has 2 heterocycles. The molecule has 3 aromatic rings. The summed E-state index contributed by atoms with van der Waals surface area (Å²) in [7, 11) is 0. The predicted molar refractivity (Wildman–Crippen MR) is 86.0 cm³/mol. The molecular weight excluding hydrogens is 328 g/mol. The Morgan fingerprint density at radius 3 is 2.52 bits per heavy atom. The molecule has 0 amide bonds. The summed E-state index contributed by atoms with van der Waals surface area (Å²) < 4.78 is 29.9. The van der Waals surface area contributed by atoms with Crippen molar-refractivity contribution in [3.05, 3.63) is 53.7 Å². The number of aryl methyl sites for hydroxylation is 1. The number of hydrogen-bond acceptors (Lipinski definition) is 6. The molecule has 0 aliphatic heterocycles. The van der Waals surface area contributed by atoms with Gasteiger partial charge in [-0.25, -0.2) is 9.97 Å². The third-order valence-electron chi connectivity index (χ3n) is 4.20. The highest BCUT2D eigenvalue weighted by molar-refractivity contribution is 5.51. The van der Waals surface area contributed by atoms with Gasteiger partial charge in [-0.3, -0.25) is 0 Å². The number of nitrogens with zero attached hydrogens (tertiary/aromatic N) is 4. The van der Waals surface area contributed by atoms with Crippen molar-refractivity contribution in [1.82, 2.24) is 20.2 Å². The highest BCUT2D eigenvalue weighted by Gasteiger charge is 2.45. The zero-order valence-corrected chi connectivity index (χ0v) is 13.4. The van der Waals surface area contributed by atoms with Crippen LogP contribution in [0.25, 0.3) is 11.5 Å². The lowest BCUT2D eigenvalue weighted by Gasteiger charge is -2.18. The Balaban J connectivity index is 1.52. The predicted octanol–water partition coefficient (Wildman–Crippen LogP) is 3.87. The molecule has 1 fully saturated rings. The van der Waals surface area contributed by atoms with Gasteiger partial charge >= 0.3 is 6.43 Å². The van der Waals surface area contributed by atoms with E-state index in [9.17, 15) is 8.78 Å². The maximum atomic E-state index is 12.5. The van der Waals surface area contributed by atoms with Crippen molar-refractivity contribution in [1.29, 1.82) is 0 Å². The smallest absolute Gasteiger partial charge is 0.314 e. The minimum absolute atomic E-state index is 0.0262. The molecule has 1 aliphatic rings. The van der Waals surface area contributed by atoms with E-state index in [4.69, 9.17) is 4.42 Å². The molecule has 6 nitrogen and oxygen atoms in total. The van der Waals surface area contributed by atoms with Gasteiger partial charge in [-0.05, 0) is 25.3 Å². The second-order valence-electron chi connectivity index (χ2n) is 6.12. The number of hydrogen-bond donors (Lipinski definition) is 1. The van der Waals surface area contributed by atoms with E-state index in [2.05, 4.69) is 50.6 Å². The Morgan fingerprint density at radius 2 is 1.92 bits per heavy atom. The zero-order chi connectivity index (χ0) is 17.4. The third kappa shape index (κ3) is 3.07. The lowest BCUT2D eigenvalue weighted by Crippen LogP contribution is -2.20. The molecule has 1 aromatic carbocycles. The van der Waals surface area contributed by atoms with Gasteiger partial charge in [0.15, 0.2) is 0 Å². The van der Waals surface area contributed by atoms with Gasteiger partial charge in [-0.15, -0.1) is 10.2 Å².